The average molecular weight is 387 g/mol. The minimum atomic E-state index is -0.583. The van der Waals surface area contributed by atoms with Gasteiger partial charge in [-0.15, -0.1) is 0 Å². The Kier molecular flexibility index (Phi) is 5.48. The Balaban J connectivity index is 2.89. The number of rotatable bonds is 3. The van der Waals surface area contributed by atoms with Gasteiger partial charge in [0.15, 0.2) is 11.6 Å². The molecule has 0 aromatic heterocycles. The molecular weight excluding hydrogens is 369 g/mol. The maximum absolute atomic E-state index is 12.4. The number of ketones is 2. The molecule has 0 radical (unpaired) electrons. The molecule has 0 amide bonds. The van der Waals surface area contributed by atoms with Gasteiger partial charge in [0, 0.05) is 40.5 Å². The summed E-state index contributed by atoms with van der Waals surface area (Å²) in [5, 5.41) is 0.993. The van der Waals surface area contributed by atoms with E-state index in [4.69, 9.17) is 34.8 Å². The van der Waals surface area contributed by atoms with Crippen LogP contribution < -0.4 is 0 Å². The van der Waals surface area contributed by atoms with E-state index in [1.54, 1.807) is 6.07 Å². The third kappa shape index (κ3) is 3.13. The summed E-state index contributed by atoms with van der Waals surface area (Å²) in [7, 11) is 1.83. The molecule has 128 valence electrons. The molecule has 0 bridgehead atoms. The van der Waals surface area contributed by atoms with Crippen molar-refractivity contribution in [2.24, 2.45) is 0 Å². The second kappa shape index (κ2) is 6.91. The maximum atomic E-state index is 12.4. The largest absolute Gasteiger partial charge is 0.351 e. The third-order valence-corrected chi connectivity index (χ3v) is 5.49. The van der Waals surface area contributed by atoms with E-state index in [2.05, 4.69) is 0 Å². The lowest BCUT2D eigenvalue weighted by atomic mass is 9.77. The Morgan fingerprint density at radius 2 is 1.42 bits per heavy atom. The van der Waals surface area contributed by atoms with Crippen LogP contribution in [0.25, 0.3) is 0 Å². The first-order chi connectivity index (χ1) is 11.1. The predicted molar refractivity (Wildman–Crippen MR) is 98.7 cm³/mol. The van der Waals surface area contributed by atoms with Gasteiger partial charge in [0.1, 0.15) is 0 Å². The molecule has 0 atom stereocenters. The van der Waals surface area contributed by atoms with Gasteiger partial charge in [-0.25, -0.2) is 0 Å². The summed E-state index contributed by atoms with van der Waals surface area (Å²) in [6.45, 7) is 6.67. The van der Waals surface area contributed by atoms with Crippen LogP contribution in [0.2, 0.25) is 15.1 Å². The number of carbonyl (C=O) groups is 2. The Morgan fingerprint density at radius 3 is 1.83 bits per heavy atom. The molecule has 0 spiro atoms. The van der Waals surface area contributed by atoms with Gasteiger partial charge < -0.3 is 4.90 Å². The lowest BCUT2D eigenvalue weighted by Crippen LogP contribution is -2.31. The molecule has 0 fully saturated rings. The minimum Gasteiger partial charge on any atom is -0.351 e. The first-order valence-corrected chi connectivity index (χ1v) is 8.52. The summed E-state index contributed by atoms with van der Waals surface area (Å²) in [6, 6.07) is 3.20. The van der Waals surface area contributed by atoms with Crippen LogP contribution in [-0.2, 0) is 9.59 Å². The van der Waals surface area contributed by atoms with Gasteiger partial charge in [-0.2, -0.15) is 0 Å². The molecule has 0 unspecified atom stereocenters. The molecule has 0 saturated carbocycles. The Bertz CT molecular complexity index is 771. The second-order valence-electron chi connectivity index (χ2n) is 5.89. The number of Topliss-reactive ketones (excluding diaryl/α,β-unsaturated/α-hetero) is 2. The zero-order valence-corrected chi connectivity index (χ0v) is 16.4. The van der Waals surface area contributed by atoms with Gasteiger partial charge >= 0.3 is 0 Å². The number of carbonyl (C=O) groups excluding carboxylic acids is 2. The van der Waals surface area contributed by atoms with E-state index in [0.717, 1.165) is 11.4 Å². The standard InChI is InChI=1S/C18H18Cl3NO2/c1-8-15(10(3)23)17(16(11(4)24)9(2)22(8)5)13-6-12(19)7-14(20)18(13)21/h6-7,17H,1-5H3. The van der Waals surface area contributed by atoms with Crippen molar-refractivity contribution in [1.82, 2.24) is 4.90 Å². The van der Waals surface area contributed by atoms with Crippen molar-refractivity contribution in [2.45, 2.75) is 33.6 Å². The van der Waals surface area contributed by atoms with Gasteiger partial charge in [-0.3, -0.25) is 9.59 Å². The van der Waals surface area contributed by atoms with E-state index in [1.165, 1.54) is 19.9 Å². The van der Waals surface area contributed by atoms with Crippen LogP contribution in [0, 0.1) is 0 Å². The number of nitrogens with zero attached hydrogens (tertiary/aromatic N) is 1. The van der Waals surface area contributed by atoms with Gasteiger partial charge in [-0.1, -0.05) is 34.8 Å². The fraction of sp³-hybridized carbons (Fsp3) is 0.333. The molecule has 6 heteroatoms. The Labute approximate surface area is 156 Å². The smallest absolute Gasteiger partial charge is 0.158 e. The van der Waals surface area contributed by atoms with Gasteiger partial charge in [-0.05, 0) is 45.4 Å². The molecule has 1 aromatic carbocycles. The van der Waals surface area contributed by atoms with Crippen molar-refractivity contribution in [3.8, 4) is 0 Å². The zero-order valence-electron chi connectivity index (χ0n) is 14.1. The fourth-order valence-electron chi connectivity index (χ4n) is 3.19. The molecule has 3 nitrogen and oxygen atoms in total. The Morgan fingerprint density at radius 1 is 0.958 bits per heavy atom. The molecule has 1 aliphatic rings. The quantitative estimate of drug-likeness (QED) is 0.652. The third-order valence-electron chi connectivity index (χ3n) is 4.45. The normalized spacial score (nSPS) is 16.1. The van der Waals surface area contributed by atoms with Crippen LogP contribution in [0.3, 0.4) is 0 Å². The van der Waals surface area contributed by atoms with Crippen LogP contribution >= 0.6 is 34.8 Å². The highest BCUT2D eigenvalue weighted by Crippen LogP contribution is 2.46. The molecule has 0 aliphatic carbocycles. The van der Waals surface area contributed by atoms with Crippen molar-refractivity contribution in [3.63, 3.8) is 0 Å². The van der Waals surface area contributed by atoms with Crippen molar-refractivity contribution in [1.29, 1.82) is 0 Å². The van der Waals surface area contributed by atoms with Gasteiger partial charge in [0.05, 0.1) is 10.0 Å². The summed E-state index contributed by atoms with van der Waals surface area (Å²) >= 11 is 18.7. The Hall–Kier alpha value is -1.29. The summed E-state index contributed by atoms with van der Waals surface area (Å²) in [5.41, 5.74) is 3.17. The molecule has 1 aromatic rings. The molecule has 1 heterocycles. The number of benzene rings is 1. The summed E-state index contributed by atoms with van der Waals surface area (Å²) in [6.07, 6.45) is 0. The molecular formula is C18H18Cl3NO2. The van der Waals surface area contributed by atoms with Crippen molar-refractivity contribution in [3.05, 3.63) is 55.3 Å². The van der Waals surface area contributed by atoms with Crippen LogP contribution in [0.15, 0.2) is 34.7 Å². The van der Waals surface area contributed by atoms with Crippen molar-refractivity contribution < 1.29 is 9.59 Å². The van der Waals surface area contributed by atoms with Crippen LogP contribution in [0.1, 0.15) is 39.2 Å². The van der Waals surface area contributed by atoms with Crippen molar-refractivity contribution >= 4 is 46.4 Å². The average Bonchev–Trinajstić information content (AvgIpc) is 2.47. The molecule has 1 aliphatic heterocycles. The van der Waals surface area contributed by atoms with E-state index >= 15 is 0 Å². The highest BCUT2D eigenvalue weighted by Gasteiger charge is 2.37. The van der Waals surface area contributed by atoms with E-state index in [-0.39, 0.29) is 11.6 Å². The zero-order chi connectivity index (χ0) is 18.3. The first-order valence-electron chi connectivity index (χ1n) is 7.39. The van der Waals surface area contributed by atoms with E-state index in [1.807, 2.05) is 25.8 Å². The predicted octanol–water partition coefficient (Wildman–Crippen LogP) is 5.40. The molecule has 0 saturated heterocycles. The second-order valence-corrected chi connectivity index (χ2v) is 7.11. The van der Waals surface area contributed by atoms with Crippen molar-refractivity contribution in [2.75, 3.05) is 7.05 Å². The van der Waals surface area contributed by atoms with E-state index < -0.39 is 5.92 Å². The topological polar surface area (TPSA) is 37.4 Å². The number of hydrogen-bond acceptors (Lipinski definition) is 3. The van der Waals surface area contributed by atoms with Crippen LogP contribution in [0.5, 0.6) is 0 Å². The van der Waals surface area contributed by atoms with Crippen LogP contribution in [-0.4, -0.2) is 23.5 Å². The maximum Gasteiger partial charge on any atom is 0.158 e. The first kappa shape index (κ1) is 19.0. The number of allylic oxidation sites excluding steroid dienone is 4. The van der Waals surface area contributed by atoms with Gasteiger partial charge in [0.2, 0.25) is 0 Å². The number of hydrogen-bond donors (Lipinski definition) is 0. The highest BCUT2D eigenvalue weighted by molar-refractivity contribution is 6.43. The van der Waals surface area contributed by atoms with Gasteiger partial charge in [0.25, 0.3) is 0 Å². The summed E-state index contributed by atoms with van der Waals surface area (Å²) in [5.74, 6) is -0.828. The minimum absolute atomic E-state index is 0.122. The lowest BCUT2D eigenvalue weighted by molar-refractivity contribution is -0.114. The SMILES string of the molecule is CC(=O)C1=C(C)N(C)C(C)=C(C(C)=O)C1c1cc(Cl)cc(Cl)c1Cl. The highest BCUT2D eigenvalue weighted by atomic mass is 35.5. The molecule has 0 N–H and O–H groups in total. The number of halogens is 3. The molecule has 2 rings (SSSR count). The summed E-state index contributed by atoms with van der Waals surface area (Å²) in [4.78, 5) is 26.6. The molecule has 24 heavy (non-hydrogen) atoms. The van der Waals surface area contributed by atoms with Crippen LogP contribution in [0.4, 0.5) is 0 Å². The monoisotopic (exact) mass is 385 g/mol. The fourth-order valence-corrected chi connectivity index (χ4v) is 3.92. The summed E-state index contributed by atoms with van der Waals surface area (Å²) < 4.78 is 0. The van der Waals surface area contributed by atoms with E-state index in [0.29, 0.717) is 31.8 Å². The lowest BCUT2D eigenvalue weighted by Gasteiger charge is -2.36. The van der Waals surface area contributed by atoms with E-state index in [9.17, 15) is 9.59 Å².